The Balaban J connectivity index is 2.42. The molecule has 2 rings (SSSR count). The van der Waals surface area contributed by atoms with E-state index in [4.69, 9.17) is 5.11 Å². The number of carboxylic acid groups (broad SMARTS) is 1. The summed E-state index contributed by atoms with van der Waals surface area (Å²) in [6.07, 6.45) is 3.83. The van der Waals surface area contributed by atoms with Gasteiger partial charge in [0.25, 0.3) is 11.6 Å². The van der Waals surface area contributed by atoms with Crippen LogP contribution in [0.25, 0.3) is 0 Å². The van der Waals surface area contributed by atoms with E-state index < -0.39 is 10.9 Å². The Morgan fingerprint density at radius 3 is 2.47 bits per heavy atom. The lowest BCUT2D eigenvalue weighted by molar-refractivity contribution is -0.385. The molecular formula is C23H28N2O5. The molecule has 0 unspecified atom stereocenters. The Morgan fingerprint density at radius 2 is 1.80 bits per heavy atom. The monoisotopic (exact) mass is 412 g/mol. The first kappa shape index (κ1) is 23.1. The number of anilines is 1. The molecule has 0 aliphatic heterocycles. The molecule has 7 nitrogen and oxygen atoms in total. The minimum Gasteiger partial charge on any atom is -0.481 e. The number of nitrogens with zero attached hydrogens (tertiary/aromatic N) is 2. The van der Waals surface area contributed by atoms with Crippen LogP contribution in [0.4, 0.5) is 11.4 Å². The van der Waals surface area contributed by atoms with Gasteiger partial charge in [-0.2, -0.15) is 0 Å². The molecule has 0 atom stereocenters. The zero-order valence-electron chi connectivity index (χ0n) is 17.5. The highest BCUT2D eigenvalue weighted by atomic mass is 16.6. The first-order chi connectivity index (χ1) is 14.4. The van der Waals surface area contributed by atoms with Gasteiger partial charge in [-0.05, 0) is 43.9 Å². The molecule has 0 heterocycles. The number of nitro groups is 1. The van der Waals surface area contributed by atoms with Gasteiger partial charge in [0.15, 0.2) is 0 Å². The Bertz CT molecular complexity index is 910. The van der Waals surface area contributed by atoms with Crippen molar-refractivity contribution in [2.75, 3.05) is 11.4 Å². The van der Waals surface area contributed by atoms with Crippen molar-refractivity contribution in [1.82, 2.24) is 0 Å². The van der Waals surface area contributed by atoms with Crippen LogP contribution in [-0.4, -0.2) is 28.5 Å². The van der Waals surface area contributed by atoms with E-state index in [1.54, 1.807) is 17.9 Å². The van der Waals surface area contributed by atoms with Crippen molar-refractivity contribution in [3.63, 3.8) is 0 Å². The van der Waals surface area contributed by atoms with Crippen molar-refractivity contribution in [3.05, 3.63) is 69.3 Å². The van der Waals surface area contributed by atoms with Gasteiger partial charge < -0.3 is 10.0 Å². The number of carboxylic acids is 1. The third-order valence-corrected chi connectivity index (χ3v) is 5.08. The van der Waals surface area contributed by atoms with Gasteiger partial charge in [-0.1, -0.05) is 44.0 Å². The molecule has 0 radical (unpaired) electrons. The minimum absolute atomic E-state index is 0.0576. The Hall–Kier alpha value is -3.22. The van der Waals surface area contributed by atoms with E-state index in [0.717, 1.165) is 30.5 Å². The predicted octanol–water partition coefficient (Wildman–Crippen LogP) is 5.15. The lowest BCUT2D eigenvalue weighted by atomic mass is 10.0. The van der Waals surface area contributed by atoms with Crippen molar-refractivity contribution in [2.24, 2.45) is 0 Å². The smallest absolute Gasteiger partial charge is 0.303 e. The zero-order chi connectivity index (χ0) is 22.1. The third-order valence-electron chi connectivity index (χ3n) is 5.08. The molecule has 0 bridgehead atoms. The van der Waals surface area contributed by atoms with Gasteiger partial charge in [-0.15, -0.1) is 0 Å². The largest absolute Gasteiger partial charge is 0.481 e. The molecule has 1 N–H and O–H groups in total. The maximum atomic E-state index is 13.5. The number of aryl methyl sites for hydroxylation is 1. The molecule has 0 aliphatic carbocycles. The standard InChI is InChI=1S/C23H28N2O5/c1-3-4-7-16-24(21-13-6-5-10-18(21)11-8-15-22(26)27)23(28)19-12-9-14-20(17(19)2)25(29)30/h5-6,9-10,12-14H,3-4,7-8,11,15-16H2,1-2H3,(H,26,27). The fourth-order valence-electron chi connectivity index (χ4n) is 3.47. The van der Waals surface area contributed by atoms with E-state index in [1.807, 2.05) is 24.3 Å². The average molecular weight is 412 g/mol. The van der Waals surface area contributed by atoms with Crippen molar-refractivity contribution in [1.29, 1.82) is 0 Å². The summed E-state index contributed by atoms with van der Waals surface area (Å²) in [6.45, 7) is 4.16. The highest BCUT2D eigenvalue weighted by molar-refractivity contribution is 6.08. The van der Waals surface area contributed by atoms with Crippen LogP contribution in [0.3, 0.4) is 0 Å². The Kier molecular flexibility index (Phi) is 8.53. The van der Waals surface area contributed by atoms with Crippen molar-refractivity contribution < 1.29 is 19.6 Å². The second-order valence-electron chi connectivity index (χ2n) is 7.25. The number of benzene rings is 2. The summed E-state index contributed by atoms with van der Waals surface area (Å²) in [5.41, 5.74) is 2.20. The molecule has 0 fully saturated rings. The van der Waals surface area contributed by atoms with E-state index in [9.17, 15) is 19.7 Å². The van der Waals surface area contributed by atoms with Crippen LogP contribution in [0.15, 0.2) is 42.5 Å². The Labute approximate surface area is 176 Å². The SMILES string of the molecule is CCCCCN(C(=O)c1cccc([N+](=O)[O-])c1C)c1ccccc1CCCC(=O)O. The van der Waals surface area contributed by atoms with Crippen molar-refractivity contribution in [2.45, 2.75) is 52.4 Å². The Morgan fingerprint density at radius 1 is 1.07 bits per heavy atom. The number of carbonyl (C=O) groups excluding carboxylic acids is 1. The van der Waals surface area contributed by atoms with E-state index in [0.29, 0.717) is 30.5 Å². The molecule has 160 valence electrons. The number of para-hydroxylation sites is 1. The quantitative estimate of drug-likeness (QED) is 0.312. The predicted molar refractivity (Wildman–Crippen MR) is 116 cm³/mol. The highest BCUT2D eigenvalue weighted by Crippen LogP contribution is 2.28. The lowest BCUT2D eigenvalue weighted by Crippen LogP contribution is -2.33. The fraction of sp³-hybridized carbons (Fsp3) is 0.391. The van der Waals surface area contributed by atoms with Gasteiger partial charge >= 0.3 is 5.97 Å². The molecular weight excluding hydrogens is 384 g/mol. The van der Waals surface area contributed by atoms with E-state index in [-0.39, 0.29) is 18.0 Å². The number of hydrogen-bond donors (Lipinski definition) is 1. The second-order valence-corrected chi connectivity index (χ2v) is 7.25. The first-order valence-corrected chi connectivity index (χ1v) is 10.2. The summed E-state index contributed by atoms with van der Waals surface area (Å²) in [7, 11) is 0. The van der Waals surface area contributed by atoms with Crippen molar-refractivity contribution >= 4 is 23.3 Å². The summed E-state index contributed by atoms with van der Waals surface area (Å²) in [4.78, 5) is 36.9. The molecule has 2 aromatic carbocycles. The summed E-state index contributed by atoms with van der Waals surface area (Å²) in [5, 5.41) is 20.2. The van der Waals surface area contributed by atoms with Gasteiger partial charge in [0, 0.05) is 35.8 Å². The molecule has 1 amide bonds. The average Bonchev–Trinajstić information content (AvgIpc) is 2.71. The fourth-order valence-corrected chi connectivity index (χ4v) is 3.47. The number of hydrogen-bond acceptors (Lipinski definition) is 4. The number of nitro benzene ring substituents is 1. The van der Waals surface area contributed by atoms with Gasteiger partial charge in [-0.3, -0.25) is 19.7 Å². The van der Waals surface area contributed by atoms with Crippen LogP contribution < -0.4 is 4.90 Å². The van der Waals surface area contributed by atoms with E-state index in [2.05, 4.69) is 6.92 Å². The topological polar surface area (TPSA) is 101 Å². The molecule has 0 saturated heterocycles. The molecule has 7 heteroatoms. The number of carbonyl (C=O) groups is 2. The van der Waals surface area contributed by atoms with Crippen LogP contribution in [0.1, 0.15) is 60.5 Å². The third kappa shape index (κ3) is 5.89. The summed E-state index contributed by atoms with van der Waals surface area (Å²) >= 11 is 0. The number of aliphatic carboxylic acids is 1. The highest BCUT2D eigenvalue weighted by Gasteiger charge is 2.24. The maximum Gasteiger partial charge on any atom is 0.303 e. The molecule has 0 saturated carbocycles. The van der Waals surface area contributed by atoms with Gasteiger partial charge in [0.1, 0.15) is 0 Å². The molecule has 0 spiro atoms. The molecule has 30 heavy (non-hydrogen) atoms. The normalized spacial score (nSPS) is 10.6. The van der Waals surface area contributed by atoms with Crippen LogP contribution in [0.5, 0.6) is 0 Å². The lowest BCUT2D eigenvalue weighted by Gasteiger charge is -2.26. The molecule has 0 aliphatic rings. The summed E-state index contributed by atoms with van der Waals surface area (Å²) in [6, 6.07) is 12.0. The van der Waals surface area contributed by atoms with Gasteiger partial charge in [-0.25, -0.2) is 0 Å². The zero-order valence-corrected chi connectivity index (χ0v) is 17.5. The maximum absolute atomic E-state index is 13.5. The van der Waals surface area contributed by atoms with Crippen molar-refractivity contribution in [3.8, 4) is 0 Å². The molecule has 2 aromatic rings. The number of rotatable bonds is 11. The van der Waals surface area contributed by atoms with Crippen LogP contribution in [0, 0.1) is 17.0 Å². The van der Waals surface area contributed by atoms with Crippen LogP contribution >= 0.6 is 0 Å². The van der Waals surface area contributed by atoms with Crippen LogP contribution in [0.2, 0.25) is 0 Å². The van der Waals surface area contributed by atoms with Gasteiger partial charge in [0.2, 0.25) is 0 Å². The number of amides is 1. The molecule has 0 aromatic heterocycles. The summed E-state index contributed by atoms with van der Waals surface area (Å²) in [5.74, 6) is -1.13. The first-order valence-electron chi connectivity index (χ1n) is 10.2. The van der Waals surface area contributed by atoms with E-state index >= 15 is 0 Å². The van der Waals surface area contributed by atoms with Gasteiger partial charge in [0.05, 0.1) is 4.92 Å². The summed E-state index contributed by atoms with van der Waals surface area (Å²) < 4.78 is 0. The minimum atomic E-state index is -0.851. The second kappa shape index (κ2) is 11.1. The van der Waals surface area contributed by atoms with Crippen LogP contribution in [-0.2, 0) is 11.2 Å². The van der Waals surface area contributed by atoms with E-state index in [1.165, 1.54) is 12.1 Å². The number of unbranched alkanes of at least 4 members (excludes halogenated alkanes) is 2.